The number of unbranched alkanes of at least 4 members (excludes halogenated alkanes) is 4. The molecule has 1 aliphatic heterocycles. The first-order valence-electron chi connectivity index (χ1n) is 16.1. The van der Waals surface area contributed by atoms with Crippen molar-refractivity contribution in [3.8, 4) is 5.75 Å². The molecule has 1 aliphatic rings. The van der Waals surface area contributed by atoms with Gasteiger partial charge in [-0.05, 0) is 67.5 Å². The molecule has 0 radical (unpaired) electrons. The van der Waals surface area contributed by atoms with Gasteiger partial charge in [0, 0.05) is 12.1 Å². The number of hydrazine groups is 1. The summed E-state index contributed by atoms with van der Waals surface area (Å²) in [5, 5.41) is 4.12. The van der Waals surface area contributed by atoms with Crippen molar-refractivity contribution >= 4 is 104 Å². The maximum Gasteiger partial charge on any atom is 0.253 e. The van der Waals surface area contributed by atoms with Crippen molar-refractivity contribution in [1.29, 1.82) is 0 Å². The predicted molar refractivity (Wildman–Crippen MR) is 202 cm³/mol. The summed E-state index contributed by atoms with van der Waals surface area (Å²) in [5.41, 5.74) is 6.37. The van der Waals surface area contributed by atoms with Gasteiger partial charge < -0.3 is 10.1 Å². The molecule has 3 aromatic carbocycles. The van der Waals surface area contributed by atoms with Gasteiger partial charge in [-0.15, -0.1) is 0 Å². The molecule has 1 fully saturated rings. The third-order valence-electron chi connectivity index (χ3n) is 7.75. The van der Waals surface area contributed by atoms with E-state index in [0.717, 1.165) is 30.0 Å². The summed E-state index contributed by atoms with van der Waals surface area (Å²) in [5.74, 6) is 0.581. The summed E-state index contributed by atoms with van der Waals surface area (Å²) in [4.78, 5) is 30.2. The number of aliphatic imine (C=N–C) groups is 1. The van der Waals surface area contributed by atoms with Gasteiger partial charge in [0.25, 0.3) is 5.91 Å². The molecule has 0 aliphatic carbocycles. The van der Waals surface area contributed by atoms with Crippen LogP contribution < -0.4 is 20.5 Å². The zero-order valence-electron chi connectivity index (χ0n) is 26.8. The number of hydrogen-bond acceptors (Lipinski definition) is 4. The standard InChI is InChI=1S/C35H38Cl6N4O3/c1-3-5-7-10-21-13-16-26(22(18-21)11-8-6-4-2)48-17-9-12-28(46)42-23-14-15-24(36)25(19-23)43-27-20-29(47)45(44-27)35-33(40)31(38)30(37)32(39)34(35)41/h13-16,18-19H,3-12,17,20H2,1-2H3,(H,42,46)(H,43,44). The molecule has 48 heavy (non-hydrogen) atoms. The van der Waals surface area contributed by atoms with Gasteiger partial charge in [-0.2, -0.15) is 0 Å². The number of amidine groups is 1. The summed E-state index contributed by atoms with van der Waals surface area (Å²) >= 11 is 37.6. The van der Waals surface area contributed by atoms with Crippen molar-refractivity contribution in [1.82, 2.24) is 5.43 Å². The van der Waals surface area contributed by atoms with Crippen LogP contribution in [0, 0.1) is 0 Å². The smallest absolute Gasteiger partial charge is 0.253 e. The Balaban J connectivity index is 1.35. The van der Waals surface area contributed by atoms with Crippen LogP contribution in [0.1, 0.15) is 82.8 Å². The number of ether oxygens (including phenoxy) is 1. The Kier molecular flexibility index (Phi) is 14.9. The Bertz CT molecular complexity index is 1640. The SMILES string of the molecule is CCCCCc1ccc(OCCCC(=O)Nc2ccc(Cl)c(N=C3CC(=O)N(c4c(Cl)c(Cl)c(Cl)c(Cl)c4Cl)N3)c2)c(CCCCC)c1. The van der Waals surface area contributed by atoms with Crippen LogP contribution >= 0.6 is 69.6 Å². The monoisotopic (exact) mass is 772 g/mol. The summed E-state index contributed by atoms with van der Waals surface area (Å²) in [6.07, 6.45) is 9.88. The molecule has 0 bridgehead atoms. The molecule has 0 unspecified atom stereocenters. The van der Waals surface area contributed by atoms with Crippen molar-refractivity contribution in [2.24, 2.45) is 4.99 Å². The number of benzene rings is 3. The first-order chi connectivity index (χ1) is 23.0. The van der Waals surface area contributed by atoms with Gasteiger partial charge in [-0.3, -0.25) is 15.0 Å². The number of nitrogens with one attached hydrogen (secondary N) is 2. The van der Waals surface area contributed by atoms with Gasteiger partial charge >= 0.3 is 0 Å². The number of nitrogens with zero attached hydrogens (tertiary/aromatic N) is 2. The first kappa shape index (κ1) is 38.4. The molecule has 0 aromatic heterocycles. The van der Waals surface area contributed by atoms with Crippen LogP contribution in [0.3, 0.4) is 0 Å². The van der Waals surface area contributed by atoms with Crippen LogP contribution in [0.2, 0.25) is 30.1 Å². The molecule has 4 rings (SSSR count). The average molecular weight is 775 g/mol. The summed E-state index contributed by atoms with van der Waals surface area (Å²) in [6.45, 7) is 4.85. The number of anilines is 2. The number of amides is 2. The van der Waals surface area contributed by atoms with Crippen LogP contribution in [-0.4, -0.2) is 24.3 Å². The van der Waals surface area contributed by atoms with Crippen LogP contribution in [0.25, 0.3) is 0 Å². The molecule has 0 saturated carbocycles. The fraction of sp³-hybridized carbons (Fsp3) is 0.400. The number of rotatable bonds is 16. The molecule has 2 N–H and O–H groups in total. The lowest BCUT2D eigenvalue weighted by atomic mass is 10.00. The summed E-state index contributed by atoms with van der Waals surface area (Å²) in [6, 6.07) is 11.4. The molecular formula is C35H38Cl6N4O3. The lowest BCUT2D eigenvalue weighted by Crippen LogP contribution is -2.36. The van der Waals surface area contributed by atoms with E-state index in [0.29, 0.717) is 29.4 Å². The Hall–Kier alpha value is -2.39. The number of aryl methyl sites for hydroxylation is 2. The fourth-order valence-electron chi connectivity index (χ4n) is 5.22. The van der Waals surface area contributed by atoms with E-state index in [1.54, 1.807) is 18.2 Å². The van der Waals surface area contributed by atoms with Crippen molar-refractivity contribution in [3.63, 3.8) is 0 Å². The minimum atomic E-state index is -0.411. The van der Waals surface area contributed by atoms with E-state index in [1.165, 1.54) is 43.2 Å². The minimum absolute atomic E-state index is 0.0227. The quantitative estimate of drug-likeness (QED) is 0.0862. The van der Waals surface area contributed by atoms with E-state index in [1.807, 2.05) is 0 Å². The molecule has 0 spiro atoms. The van der Waals surface area contributed by atoms with Crippen molar-refractivity contribution < 1.29 is 14.3 Å². The second-order valence-electron chi connectivity index (χ2n) is 11.5. The highest BCUT2D eigenvalue weighted by molar-refractivity contribution is 6.57. The Morgan fingerprint density at radius 3 is 2.21 bits per heavy atom. The topological polar surface area (TPSA) is 83.0 Å². The van der Waals surface area contributed by atoms with Crippen molar-refractivity contribution in [2.45, 2.75) is 84.5 Å². The number of halogens is 6. The molecule has 1 saturated heterocycles. The zero-order valence-corrected chi connectivity index (χ0v) is 31.4. The van der Waals surface area contributed by atoms with Crippen LogP contribution in [-0.2, 0) is 22.4 Å². The van der Waals surface area contributed by atoms with Gasteiger partial charge in [0.2, 0.25) is 5.91 Å². The molecule has 1 heterocycles. The third-order valence-corrected chi connectivity index (χ3v) is 10.3. The van der Waals surface area contributed by atoms with Gasteiger partial charge in [0.1, 0.15) is 17.3 Å². The number of carbonyl (C=O) groups excluding carboxylic acids is 2. The Morgan fingerprint density at radius 1 is 0.854 bits per heavy atom. The first-order valence-corrected chi connectivity index (χ1v) is 18.3. The second-order valence-corrected chi connectivity index (χ2v) is 13.8. The van der Waals surface area contributed by atoms with E-state index in [9.17, 15) is 9.59 Å². The van der Waals surface area contributed by atoms with Crippen molar-refractivity contribution in [2.75, 3.05) is 16.9 Å². The van der Waals surface area contributed by atoms with E-state index in [4.69, 9.17) is 74.3 Å². The zero-order chi connectivity index (χ0) is 34.8. The maximum absolute atomic E-state index is 12.9. The lowest BCUT2D eigenvalue weighted by Gasteiger charge is -2.21. The molecular weight excluding hydrogens is 737 g/mol. The third kappa shape index (κ3) is 10.1. The molecule has 2 amide bonds. The molecule has 258 valence electrons. The van der Waals surface area contributed by atoms with Crippen LogP contribution in [0.4, 0.5) is 17.1 Å². The largest absolute Gasteiger partial charge is 0.493 e. The highest BCUT2D eigenvalue weighted by Crippen LogP contribution is 2.48. The van der Waals surface area contributed by atoms with Crippen molar-refractivity contribution in [3.05, 3.63) is 77.7 Å². The van der Waals surface area contributed by atoms with Gasteiger partial charge in [-0.25, -0.2) is 10.0 Å². The number of hydrogen-bond donors (Lipinski definition) is 2. The summed E-state index contributed by atoms with van der Waals surface area (Å²) in [7, 11) is 0. The number of carbonyl (C=O) groups is 2. The van der Waals surface area contributed by atoms with E-state index in [2.05, 4.69) is 47.8 Å². The second kappa shape index (κ2) is 18.6. The lowest BCUT2D eigenvalue weighted by molar-refractivity contribution is -0.117. The van der Waals surface area contributed by atoms with Gasteiger partial charge in [0.15, 0.2) is 0 Å². The van der Waals surface area contributed by atoms with E-state index in [-0.39, 0.29) is 55.4 Å². The predicted octanol–water partition coefficient (Wildman–Crippen LogP) is 11.8. The highest BCUT2D eigenvalue weighted by Gasteiger charge is 2.33. The average Bonchev–Trinajstić information content (AvgIpc) is 3.42. The van der Waals surface area contributed by atoms with Gasteiger partial charge in [0.05, 0.1) is 48.9 Å². The molecule has 3 aromatic rings. The van der Waals surface area contributed by atoms with Crippen LogP contribution in [0.5, 0.6) is 5.75 Å². The van der Waals surface area contributed by atoms with E-state index < -0.39 is 5.91 Å². The molecule has 0 atom stereocenters. The maximum atomic E-state index is 12.9. The minimum Gasteiger partial charge on any atom is -0.493 e. The molecule has 7 nitrogen and oxygen atoms in total. The summed E-state index contributed by atoms with van der Waals surface area (Å²) < 4.78 is 6.15. The highest BCUT2D eigenvalue weighted by atomic mass is 35.5. The Morgan fingerprint density at radius 2 is 1.52 bits per heavy atom. The van der Waals surface area contributed by atoms with Crippen LogP contribution in [0.15, 0.2) is 41.4 Å². The van der Waals surface area contributed by atoms with E-state index >= 15 is 0 Å². The normalized spacial score (nSPS) is 13.7. The Labute approximate surface area is 312 Å². The molecule has 13 heteroatoms. The van der Waals surface area contributed by atoms with Gasteiger partial charge in [-0.1, -0.05) is 121 Å². The fourth-order valence-corrected chi connectivity index (χ4v) is 6.67.